The summed E-state index contributed by atoms with van der Waals surface area (Å²) in [6, 6.07) is 5.33. The van der Waals surface area contributed by atoms with E-state index in [1.807, 2.05) is 0 Å². The summed E-state index contributed by atoms with van der Waals surface area (Å²) in [5, 5.41) is 29.0. The molecule has 0 aliphatic heterocycles. The van der Waals surface area contributed by atoms with E-state index in [0.29, 0.717) is 18.2 Å². The van der Waals surface area contributed by atoms with Crippen LogP contribution in [0.15, 0.2) is 30.6 Å². The first kappa shape index (κ1) is 18.8. The van der Waals surface area contributed by atoms with Crippen molar-refractivity contribution in [3.8, 4) is 0 Å². The fraction of sp³-hybridized carbons (Fsp3) is 0.471. The Bertz CT molecular complexity index is 794. The van der Waals surface area contributed by atoms with Gasteiger partial charge in [0.1, 0.15) is 12.7 Å². The Balaban J connectivity index is 1.67. The van der Waals surface area contributed by atoms with Gasteiger partial charge in [-0.2, -0.15) is 9.71 Å². The number of nitrogens with two attached hydrogens (primary N) is 1. The van der Waals surface area contributed by atoms with E-state index in [2.05, 4.69) is 20.6 Å². The molecule has 2 heterocycles. The van der Waals surface area contributed by atoms with Gasteiger partial charge >= 0.3 is 5.69 Å². The van der Waals surface area contributed by atoms with Crippen molar-refractivity contribution in [1.29, 1.82) is 0 Å². The van der Waals surface area contributed by atoms with Crippen LogP contribution in [0.25, 0.3) is 0 Å². The Morgan fingerprint density at radius 1 is 1.26 bits per heavy atom. The molecule has 0 radical (unpaired) electrons. The maximum absolute atomic E-state index is 11.7. The normalized spacial score (nSPS) is 19.4. The van der Waals surface area contributed by atoms with Gasteiger partial charge in [-0.15, -0.1) is 0 Å². The largest absolute Gasteiger partial charge is 0.618 e. The third-order valence-corrected chi connectivity index (χ3v) is 4.75. The van der Waals surface area contributed by atoms with Gasteiger partial charge in [-0.25, -0.2) is 4.98 Å². The first-order valence-corrected chi connectivity index (χ1v) is 8.94. The molecule has 0 aromatic carbocycles. The fourth-order valence-electron chi connectivity index (χ4n) is 3.13. The zero-order valence-electron chi connectivity index (χ0n) is 14.9. The Morgan fingerprint density at radius 2 is 2.04 bits per heavy atom. The van der Waals surface area contributed by atoms with Gasteiger partial charge in [0.15, 0.2) is 6.20 Å². The van der Waals surface area contributed by atoms with E-state index in [0.717, 1.165) is 30.4 Å². The van der Waals surface area contributed by atoms with Crippen LogP contribution in [0, 0.1) is 21.2 Å². The van der Waals surface area contributed by atoms with E-state index in [1.54, 1.807) is 18.2 Å². The highest BCUT2D eigenvalue weighted by atomic mass is 16.6. The maximum atomic E-state index is 11.7. The van der Waals surface area contributed by atoms with Gasteiger partial charge in [0.25, 0.3) is 0 Å². The maximum Gasteiger partial charge on any atom is 0.329 e. The summed E-state index contributed by atoms with van der Waals surface area (Å²) in [5.41, 5.74) is 6.24. The first-order valence-electron chi connectivity index (χ1n) is 8.94. The van der Waals surface area contributed by atoms with E-state index < -0.39 is 4.92 Å². The number of hydrogen-bond donors (Lipinski definition) is 3. The number of anilines is 2. The molecule has 1 aliphatic carbocycles. The molecule has 0 saturated heterocycles. The van der Waals surface area contributed by atoms with E-state index in [-0.39, 0.29) is 30.0 Å². The van der Waals surface area contributed by atoms with Gasteiger partial charge < -0.3 is 21.6 Å². The van der Waals surface area contributed by atoms with Crippen molar-refractivity contribution in [2.24, 2.45) is 11.7 Å². The molecule has 4 N–H and O–H groups in total. The van der Waals surface area contributed by atoms with Crippen LogP contribution < -0.4 is 21.1 Å². The molecule has 2 aromatic rings. The molecule has 27 heavy (non-hydrogen) atoms. The number of rotatable bonds is 7. The first-order chi connectivity index (χ1) is 13.0. The lowest BCUT2D eigenvalue weighted by Crippen LogP contribution is -2.32. The Kier molecular flexibility index (Phi) is 5.97. The number of nitrogens with zero attached hydrogens (tertiary/aromatic N) is 4. The predicted octanol–water partition coefficient (Wildman–Crippen LogP) is 1.56. The summed E-state index contributed by atoms with van der Waals surface area (Å²) in [4.78, 5) is 19.0. The molecule has 10 heteroatoms. The monoisotopic (exact) mass is 373 g/mol. The number of nitro groups is 1. The predicted molar refractivity (Wildman–Crippen MR) is 99.8 cm³/mol. The van der Waals surface area contributed by atoms with E-state index in [1.165, 1.54) is 12.4 Å². The summed E-state index contributed by atoms with van der Waals surface area (Å²) in [5.74, 6) is 0.813. The molecule has 0 spiro atoms. The van der Waals surface area contributed by atoms with Gasteiger partial charge in [-0.05, 0) is 37.7 Å². The lowest BCUT2D eigenvalue weighted by molar-refractivity contribution is -0.613. The minimum absolute atomic E-state index is 0.174. The molecule has 0 atom stereocenters. The molecule has 1 fully saturated rings. The van der Waals surface area contributed by atoms with Crippen LogP contribution in [0.1, 0.15) is 31.4 Å². The molecular formula is C17H23N7O3. The van der Waals surface area contributed by atoms with Crippen LogP contribution in [0.5, 0.6) is 0 Å². The molecule has 0 amide bonds. The molecule has 0 bridgehead atoms. The van der Waals surface area contributed by atoms with Crippen molar-refractivity contribution in [2.45, 2.75) is 38.3 Å². The van der Waals surface area contributed by atoms with Gasteiger partial charge in [-0.1, -0.05) is 0 Å². The molecule has 3 rings (SSSR count). The van der Waals surface area contributed by atoms with Crippen LogP contribution in [0.2, 0.25) is 0 Å². The molecule has 144 valence electrons. The quantitative estimate of drug-likeness (QED) is 0.287. The van der Waals surface area contributed by atoms with Gasteiger partial charge in [0.05, 0.1) is 4.92 Å². The highest BCUT2D eigenvalue weighted by Crippen LogP contribution is 2.26. The molecular weight excluding hydrogens is 350 g/mol. The van der Waals surface area contributed by atoms with Gasteiger partial charge in [0, 0.05) is 24.7 Å². The van der Waals surface area contributed by atoms with Crippen LogP contribution >= 0.6 is 0 Å². The second-order valence-electron chi connectivity index (χ2n) is 6.72. The summed E-state index contributed by atoms with van der Waals surface area (Å²) in [6.45, 7) is 0.811. The van der Waals surface area contributed by atoms with Crippen LogP contribution in [0.4, 0.5) is 17.5 Å². The zero-order valence-corrected chi connectivity index (χ0v) is 14.9. The van der Waals surface area contributed by atoms with Crippen molar-refractivity contribution in [1.82, 2.24) is 9.97 Å². The second kappa shape index (κ2) is 8.58. The zero-order chi connectivity index (χ0) is 19.2. The van der Waals surface area contributed by atoms with E-state index in [4.69, 9.17) is 5.73 Å². The molecule has 10 nitrogen and oxygen atoms in total. The van der Waals surface area contributed by atoms with Gasteiger partial charge in [0.2, 0.25) is 17.5 Å². The lowest BCUT2D eigenvalue weighted by atomic mass is 9.86. The average Bonchev–Trinajstić information content (AvgIpc) is 2.67. The minimum atomic E-state index is -0.508. The Hall–Kier alpha value is -3.01. The summed E-state index contributed by atoms with van der Waals surface area (Å²) in [7, 11) is 0. The number of pyridine rings is 1. The third kappa shape index (κ3) is 5.00. The Labute approximate surface area is 156 Å². The second-order valence-corrected chi connectivity index (χ2v) is 6.72. The standard InChI is InChI=1S/C17H23N7O3/c18-13-6-4-12(5-7-13)9-19-16-15(24(26)27)11-21-17(22-16)20-10-14-3-1-2-8-23(14)25/h1-3,8,11-13H,4-7,9-10,18H2,(H2,19,20,21,22)/t12-,13-. The highest BCUT2D eigenvalue weighted by Gasteiger charge is 2.22. The van der Waals surface area contributed by atoms with E-state index in [9.17, 15) is 15.3 Å². The van der Waals surface area contributed by atoms with Crippen LogP contribution in [-0.2, 0) is 6.54 Å². The van der Waals surface area contributed by atoms with Crippen molar-refractivity contribution >= 4 is 17.5 Å². The molecule has 1 saturated carbocycles. The Morgan fingerprint density at radius 3 is 2.74 bits per heavy atom. The summed E-state index contributed by atoms with van der Waals surface area (Å²) >= 11 is 0. The topological polar surface area (TPSA) is 146 Å². The van der Waals surface area contributed by atoms with E-state index >= 15 is 0 Å². The third-order valence-electron chi connectivity index (χ3n) is 4.75. The smallest absolute Gasteiger partial charge is 0.329 e. The van der Waals surface area contributed by atoms with Crippen LogP contribution in [-0.4, -0.2) is 27.5 Å². The number of hydrogen-bond acceptors (Lipinski definition) is 8. The van der Waals surface area contributed by atoms with Crippen molar-refractivity contribution < 1.29 is 9.65 Å². The van der Waals surface area contributed by atoms with Gasteiger partial charge in [-0.3, -0.25) is 10.1 Å². The molecule has 2 aromatic heterocycles. The average molecular weight is 373 g/mol. The van der Waals surface area contributed by atoms with Crippen molar-refractivity contribution in [3.05, 3.63) is 51.6 Å². The van der Waals surface area contributed by atoms with Crippen LogP contribution in [0.3, 0.4) is 0 Å². The summed E-state index contributed by atoms with van der Waals surface area (Å²) < 4.78 is 0.741. The number of nitrogens with one attached hydrogen (secondary N) is 2. The summed E-state index contributed by atoms with van der Waals surface area (Å²) in [6.07, 6.45) is 6.50. The fourth-order valence-corrected chi connectivity index (χ4v) is 3.13. The highest BCUT2D eigenvalue weighted by molar-refractivity contribution is 5.57. The van der Waals surface area contributed by atoms with Crippen molar-refractivity contribution in [2.75, 3.05) is 17.2 Å². The molecule has 0 unspecified atom stereocenters. The molecule has 1 aliphatic rings. The number of aromatic nitrogens is 3. The minimum Gasteiger partial charge on any atom is -0.618 e. The SMILES string of the molecule is N[C@H]1CC[C@H](CNc2nc(NCc3cccc[n+]3[O-])ncc2[N+](=O)[O-])CC1. The lowest BCUT2D eigenvalue weighted by Gasteiger charge is -2.26. The van der Waals surface area contributed by atoms with Crippen molar-refractivity contribution in [3.63, 3.8) is 0 Å².